The van der Waals surface area contributed by atoms with Crippen LogP contribution < -0.4 is 10.2 Å². The summed E-state index contributed by atoms with van der Waals surface area (Å²) in [7, 11) is 0. The van der Waals surface area contributed by atoms with E-state index in [9.17, 15) is 9.59 Å². The number of carbonyl (C=O) groups is 2. The Morgan fingerprint density at radius 3 is 2.10 bits per heavy atom. The Kier molecular flexibility index (Phi) is 7.18. The van der Waals surface area contributed by atoms with Gasteiger partial charge in [-0.3, -0.25) is 9.59 Å². The molecule has 1 aromatic rings. The Bertz CT molecular complexity index is 445. The molecule has 5 nitrogen and oxygen atoms in total. The molecule has 0 aliphatic heterocycles. The number of carboxylic acid groups (broad SMARTS) is 1. The van der Waals surface area contributed by atoms with Gasteiger partial charge in [0.05, 0.1) is 0 Å². The maximum absolute atomic E-state index is 11.7. The molecule has 1 aromatic carbocycles. The number of carbonyl (C=O) groups excluding carboxylic acids is 1. The maximum atomic E-state index is 11.7. The minimum atomic E-state index is -1.08. The fraction of sp³-hybridized carbons (Fsp3) is 0.385. The number of nitrogens with one attached hydrogen (secondary N) is 1. The third kappa shape index (κ3) is 5.27. The van der Waals surface area contributed by atoms with Crippen molar-refractivity contribution in [2.45, 2.75) is 0 Å². The van der Waals surface area contributed by atoms with Crippen LogP contribution in [0, 0.1) is 0 Å². The van der Waals surface area contributed by atoms with Crippen molar-refractivity contribution in [1.82, 2.24) is 5.32 Å². The average Bonchev–Trinajstić information content (AvgIpc) is 2.44. The minimum Gasteiger partial charge on any atom is -0.480 e. The van der Waals surface area contributed by atoms with Crippen molar-refractivity contribution in [2.75, 3.05) is 36.3 Å². The van der Waals surface area contributed by atoms with Crippen LogP contribution >= 0.6 is 23.2 Å². The van der Waals surface area contributed by atoms with Gasteiger partial charge >= 0.3 is 5.97 Å². The van der Waals surface area contributed by atoms with Gasteiger partial charge in [-0.25, -0.2) is 0 Å². The largest absolute Gasteiger partial charge is 0.480 e. The van der Waals surface area contributed by atoms with E-state index in [1.807, 2.05) is 4.90 Å². The predicted octanol–water partition coefficient (Wildman–Crippen LogP) is 1.78. The summed E-state index contributed by atoms with van der Waals surface area (Å²) in [6, 6.07) is 6.85. The lowest BCUT2D eigenvalue weighted by atomic mass is 10.2. The summed E-state index contributed by atoms with van der Waals surface area (Å²) in [5.74, 6) is -0.527. The second-order valence-corrected chi connectivity index (χ2v) is 4.74. The van der Waals surface area contributed by atoms with Crippen LogP contribution in [0.25, 0.3) is 0 Å². The van der Waals surface area contributed by atoms with Crippen LogP contribution in [0.15, 0.2) is 24.3 Å². The summed E-state index contributed by atoms with van der Waals surface area (Å²) >= 11 is 11.5. The van der Waals surface area contributed by atoms with Crippen LogP contribution in [-0.2, 0) is 4.79 Å². The van der Waals surface area contributed by atoms with Crippen molar-refractivity contribution < 1.29 is 14.7 Å². The maximum Gasteiger partial charge on any atom is 0.322 e. The van der Waals surface area contributed by atoms with Gasteiger partial charge in [-0.2, -0.15) is 0 Å². The van der Waals surface area contributed by atoms with Gasteiger partial charge < -0.3 is 15.3 Å². The Labute approximate surface area is 127 Å². The topological polar surface area (TPSA) is 69.6 Å². The van der Waals surface area contributed by atoms with E-state index >= 15 is 0 Å². The van der Waals surface area contributed by atoms with E-state index in [-0.39, 0.29) is 0 Å². The van der Waals surface area contributed by atoms with E-state index in [4.69, 9.17) is 28.3 Å². The Morgan fingerprint density at radius 1 is 1.10 bits per heavy atom. The summed E-state index contributed by atoms with van der Waals surface area (Å²) < 4.78 is 0. The average molecular weight is 319 g/mol. The molecule has 110 valence electrons. The van der Waals surface area contributed by atoms with E-state index in [2.05, 4.69) is 5.32 Å². The second kappa shape index (κ2) is 8.66. The van der Waals surface area contributed by atoms with Gasteiger partial charge in [0.2, 0.25) is 0 Å². The lowest BCUT2D eigenvalue weighted by Crippen LogP contribution is -2.29. The summed E-state index contributed by atoms with van der Waals surface area (Å²) in [4.78, 5) is 24.0. The third-order valence-corrected chi connectivity index (χ3v) is 2.94. The van der Waals surface area contributed by atoms with Gasteiger partial charge in [-0.05, 0) is 24.3 Å². The quantitative estimate of drug-likeness (QED) is 0.717. The number of halogens is 2. The van der Waals surface area contributed by atoms with E-state index in [1.165, 1.54) is 0 Å². The van der Waals surface area contributed by atoms with E-state index < -0.39 is 18.4 Å². The number of anilines is 1. The van der Waals surface area contributed by atoms with E-state index in [0.717, 1.165) is 5.69 Å². The van der Waals surface area contributed by atoms with Crippen LogP contribution in [0.4, 0.5) is 5.69 Å². The van der Waals surface area contributed by atoms with Crippen LogP contribution in [0.3, 0.4) is 0 Å². The number of carboxylic acids is 1. The number of alkyl halides is 2. The third-order valence-electron chi connectivity index (χ3n) is 2.60. The summed E-state index contributed by atoms with van der Waals surface area (Å²) in [6.45, 7) is 0.933. The highest BCUT2D eigenvalue weighted by atomic mass is 35.5. The van der Waals surface area contributed by atoms with Crippen molar-refractivity contribution in [3.8, 4) is 0 Å². The first-order valence-electron chi connectivity index (χ1n) is 6.05. The highest BCUT2D eigenvalue weighted by Gasteiger charge is 2.09. The van der Waals surface area contributed by atoms with Gasteiger partial charge in [0.15, 0.2) is 0 Å². The molecule has 1 rings (SSSR count). The first-order chi connectivity index (χ1) is 9.58. The number of hydrogen-bond donors (Lipinski definition) is 2. The number of rotatable bonds is 8. The number of aliphatic carboxylic acids is 1. The molecule has 20 heavy (non-hydrogen) atoms. The fourth-order valence-electron chi connectivity index (χ4n) is 1.66. The first-order valence-corrected chi connectivity index (χ1v) is 7.12. The Hall–Kier alpha value is -1.46. The van der Waals surface area contributed by atoms with Crippen LogP contribution in [-0.4, -0.2) is 48.4 Å². The van der Waals surface area contributed by atoms with E-state index in [0.29, 0.717) is 30.4 Å². The molecule has 0 aromatic heterocycles. The van der Waals surface area contributed by atoms with E-state index in [1.54, 1.807) is 24.3 Å². The zero-order valence-corrected chi connectivity index (χ0v) is 12.3. The molecular formula is C13H16Cl2N2O3. The monoisotopic (exact) mass is 318 g/mol. The first kappa shape index (κ1) is 16.6. The molecule has 0 aliphatic rings. The van der Waals surface area contributed by atoms with Gasteiger partial charge in [-0.15, -0.1) is 23.2 Å². The predicted molar refractivity (Wildman–Crippen MR) is 80.1 cm³/mol. The minimum absolute atomic E-state index is 0.398. The van der Waals surface area contributed by atoms with Crippen LogP contribution in [0.1, 0.15) is 10.4 Å². The van der Waals surface area contributed by atoms with Gasteiger partial charge in [0.1, 0.15) is 6.54 Å². The van der Waals surface area contributed by atoms with Crippen molar-refractivity contribution in [3.05, 3.63) is 29.8 Å². The van der Waals surface area contributed by atoms with Gasteiger partial charge in [-0.1, -0.05) is 0 Å². The molecule has 0 fully saturated rings. The van der Waals surface area contributed by atoms with Crippen LogP contribution in [0.5, 0.6) is 0 Å². The zero-order valence-electron chi connectivity index (χ0n) is 10.8. The Morgan fingerprint density at radius 2 is 1.65 bits per heavy atom. The Balaban J connectivity index is 2.71. The second-order valence-electron chi connectivity index (χ2n) is 3.99. The van der Waals surface area contributed by atoms with Gasteiger partial charge in [0, 0.05) is 36.1 Å². The molecule has 0 heterocycles. The molecule has 0 saturated heterocycles. The molecule has 7 heteroatoms. The highest BCUT2D eigenvalue weighted by Crippen LogP contribution is 2.15. The smallest absolute Gasteiger partial charge is 0.322 e. The molecule has 0 bridgehead atoms. The molecule has 0 spiro atoms. The zero-order chi connectivity index (χ0) is 15.0. The number of hydrogen-bond acceptors (Lipinski definition) is 3. The molecule has 0 saturated carbocycles. The fourth-order valence-corrected chi connectivity index (χ4v) is 2.06. The van der Waals surface area contributed by atoms with Crippen LogP contribution in [0.2, 0.25) is 0 Å². The summed E-state index contributed by atoms with van der Waals surface area (Å²) in [5, 5.41) is 10.8. The molecule has 1 amide bonds. The lowest BCUT2D eigenvalue weighted by Gasteiger charge is -2.22. The molecule has 0 radical (unpaired) electrons. The van der Waals surface area contributed by atoms with Crippen molar-refractivity contribution in [2.24, 2.45) is 0 Å². The number of benzene rings is 1. The molecule has 2 N–H and O–H groups in total. The number of nitrogens with zero attached hydrogens (tertiary/aromatic N) is 1. The van der Waals surface area contributed by atoms with Crippen molar-refractivity contribution in [3.63, 3.8) is 0 Å². The van der Waals surface area contributed by atoms with Crippen molar-refractivity contribution in [1.29, 1.82) is 0 Å². The SMILES string of the molecule is O=C(O)CNC(=O)c1ccc(N(CCCl)CCCl)cc1. The molecule has 0 atom stereocenters. The van der Waals surface area contributed by atoms with Crippen molar-refractivity contribution >= 4 is 40.8 Å². The summed E-state index contributed by atoms with van der Waals surface area (Å²) in [5.41, 5.74) is 1.33. The summed E-state index contributed by atoms with van der Waals surface area (Å²) in [6.07, 6.45) is 0. The molecular weight excluding hydrogens is 303 g/mol. The standard InChI is InChI=1S/C13H16Cl2N2O3/c14-5-7-17(8-6-15)11-3-1-10(2-4-11)13(20)16-9-12(18)19/h1-4H,5-9H2,(H,16,20)(H,18,19). The molecule has 0 unspecified atom stereocenters. The number of amides is 1. The normalized spacial score (nSPS) is 10.1. The van der Waals surface area contributed by atoms with Gasteiger partial charge in [0.25, 0.3) is 5.91 Å². The molecule has 0 aliphatic carbocycles. The lowest BCUT2D eigenvalue weighted by molar-refractivity contribution is -0.135. The highest BCUT2D eigenvalue weighted by molar-refractivity contribution is 6.18.